The van der Waals surface area contributed by atoms with Gasteiger partial charge < -0.3 is 9.47 Å². The third kappa shape index (κ3) is 9.06. The number of carbonyl (C=O) groups is 2. The first kappa shape index (κ1) is 20.9. The molecule has 22 heavy (non-hydrogen) atoms. The molecule has 4 heteroatoms. The van der Waals surface area contributed by atoms with E-state index in [1.807, 2.05) is 6.92 Å². The van der Waals surface area contributed by atoms with Gasteiger partial charge in [-0.15, -0.1) is 0 Å². The number of carbonyl (C=O) groups excluding carboxylic acids is 2. The molecule has 0 fully saturated rings. The first-order valence-electron chi connectivity index (χ1n) is 8.81. The molecule has 0 amide bonds. The van der Waals surface area contributed by atoms with Gasteiger partial charge in [-0.25, -0.2) is 0 Å². The van der Waals surface area contributed by atoms with Gasteiger partial charge in [-0.05, 0) is 26.7 Å². The topological polar surface area (TPSA) is 52.6 Å². The van der Waals surface area contributed by atoms with Crippen LogP contribution in [0.15, 0.2) is 0 Å². The van der Waals surface area contributed by atoms with Crippen molar-refractivity contribution in [3.05, 3.63) is 0 Å². The highest BCUT2D eigenvalue weighted by Crippen LogP contribution is 2.20. The zero-order valence-corrected chi connectivity index (χ0v) is 14.9. The smallest absolute Gasteiger partial charge is 0.322 e. The summed E-state index contributed by atoms with van der Waals surface area (Å²) in [4.78, 5) is 23.9. The van der Waals surface area contributed by atoms with Gasteiger partial charge >= 0.3 is 11.9 Å². The summed E-state index contributed by atoms with van der Waals surface area (Å²) in [6, 6.07) is 0. The molecule has 0 rings (SSSR count). The number of esters is 2. The van der Waals surface area contributed by atoms with Crippen molar-refractivity contribution in [1.29, 1.82) is 0 Å². The number of rotatable bonds is 13. The molecule has 0 heterocycles. The SMILES string of the molecule is CCCCCCCCCOC(=O)C(C)(C)C(=O)OCCCC. The van der Waals surface area contributed by atoms with E-state index < -0.39 is 17.4 Å². The standard InChI is InChI=1S/C18H34O4/c1-5-7-9-10-11-12-13-15-22-17(20)18(3,4)16(19)21-14-8-6-2/h5-15H2,1-4H3. The Morgan fingerprint density at radius 1 is 0.682 bits per heavy atom. The van der Waals surface area contributed by atoms with Crippen molar-refractivity contribution in [2.24, 2.45) is 5.41 Å². The van der Waals surface area contributed by atoms with E-state index in [0.717, 1.165) is 25.7 Å². The van der Waals surface area contributed by atoms with E-state index in [1.165, 1.54) is 32.1 Å². The monoisotopic (exact) mass is 314 g/mol. The number of ether oxygens (including phenoxy) is 2. The van der Waals surface area contributed by atoms with Crippen molar-refractivity contribution < 1.29 is 19.1 Å². The van der Waals surface area contributed by atoms with Crippen LogP contribution in [0.1, 0.15) is 85.5 Å². The minimum Gasteiger partial charge on any atom is -0.465 e. The summed E-state index contributed by atoms with van der Waals surface area (Å²) in [6.07, 6.45) is 9.96. The van der Waals surface area contributed by atoms with Gasteiger partial charge in [0.05, 0.1) is 13.2 Å². The Bertz CT molecular complexity index is 310. The quantitative estimate of drug-likeness (QED) is 0.282. The lowest BCUT2D eigenvalue weighted by Gasteiger charge is -2.20. The van der Waals surface area contributed by atoms with Crippen LogP contribution in [0.4, 0.5) is 0 Å². The first-order valence-corrected chi connectivity index (χ1v) is 8.81. The Hall–Kier alpha value is -1.06. The Morgan fingerprint density at radius 2 is 1.09 bits per heavy atom. The van der Waals surface area contributed by atoms with E-state index in [2.05, 4.69) is 6.92 Å². The maximum absolute atomic E-state index is 12.0. The van der Waals surface area contributed by atoms with Gasteiger partial charge in [0.25, 0.3) is 0 Å². The van der Waals surface area contributed by atoms with E-state index in [4.69, 9.17) is 9.47 Å². The highest BCUT2D eigenvalue weighted by molar-refractivity contribution is 5.99. The summed E-state index contributed by atoms with van der Waals surface area (Å²) < 4.78 is 10.3. The lowest BCUT2D eigenvalue weighted by atomic mass is 9.94. The Morgan fingerprint density at radius 3 is 1.59 bits per heavy atom. The summed E-state index contributed by atoms with van der Waals surface area (Å²) in [7, 11) is 0. The maximum Gasteiger partial charge on any atom is 0.322 e. The zero-order valence-electron chi connectivity index (χ0n) is 14.9. The fourth-order valence-corrected chi connectivity index (χ4v) is 1.98. The van der Waals surface area contributed by atoms with Gasteiger partial charge in [0.2, 0.25) is 0 Å². The van der Waals surface area contributed by atoms with Crippen LogP contribution in [-0.2, 0) is 19.1 Å². The van der Waals surface area contributed by atoms with E-state index in [9.17, 15) is 9.59 Å². The summed E-state index contributed by atoms with van der Waals surface area (Å²) in [5, 5.41) is 0. The number of hydrogen-bond acceptors (Lipinski definition) is 4. The van der Waals surface area contributed by atoms with Gasteiger partial charge in [0, 0.05) is 0 Å². The zero-order chi connectivity index (χ0) is 16.8. The number of hydrogen-bond donors (Lipinski definition) is 0. The molecule has 0 bridgehead atoms. The lowest BCUT2D eigenvalue weighted by Crippen LogP contribution is -2.37. The third-order valence-corrected chi connectivity index (χ3v) is 3.73. The molecule has 0 aliphatic rings. The molecule has 0 aliphatic heterocycles. The van der Waals surface area contributed by atoms with Crippen molar-refractivity contribution in [3.63, 3.8) is 0 Å². The molecular formula is C18H34O4. The van der Waals surface area contributed by atoms with Gasteiger partial charge in [-0.1, -0.05) is 58.8 Å². The predicted octanol–water partition coefficient (Wildman–Crippen LogP) is 4.65. The average molecular weight is 314 g/mol. The van der Waals surface area contributed by atoms with Crippen LogP contribution in [-0.4, -0.2) is 25.2 Å². The minimum absolute atomic E-state index is 0.365. The molecule has 0 aromatic rings. The molecule has 0 aromatic carbocycles. The van der Waals surface area contributed by atoms with Crippen molar-refractivity contribution in [3.8, 4) is 0 Å². The highest BCUT2D eigenvalue weighted by Gasteiger charge is 2.39. The van der Waals surface area contributed by atoms with E-state index >= 15 is 0 Å². The normalized spacial score (nSPS) is 11.3. The first-order chi connectivity index (χ1) is 10.5. The minimum atomic E-state index is -1.21. The molecule has 0 saturated carbocycles. The molecule has 0 spiro atoms. The maximum atomic E-state index is 12.0. The fourth-order valence-electron chi connectivity index (χ4n) is 1.98. The third-order valence-electron chi connectivity index (χ3n) is 3.73. The fraction of sp³-hybridized carbons (Fsp3) is 0.889. The van der Waals surface area contributed by atoms with Crippen LogP contribution in [0.25, 0.3) is 0 Å². The van der Waals surface area contributed by atoms with Crippen molar-refractivity contribution in [2.75, 3.05) is 13.2 Å². The van der Waals surface area contributed by atoms with Crippen LogP contribution in [0.5, 0.6) is 0 Å². The molecule has 0 unspecified atom stereocenters. The van der Waals surface area contributed by atoms with Crippen molar-refractivity contribution >= 4 is 11.9 Å². The Balaban J connectivity index is 3.82. The average Bonchev–Trinajstić information content (AvgIpc) is 2.49. The van der Waals surface area contributed by atoms with Gasteiger partial charge in [0.1, 0.15) is 0 Å². The second-order valence-corrected chi connectivity index (χ2v) is 6.37. The van der Waals surface area contributed by atoms with Gasteiger partial charge in [-0.3, -0.25) is 9.59 Å². The second kappa shape index (κ2) is 12.5. The van der Waals surface area contributed by atoms with E-state index in [0.29, 0.717) is 13.2 Å². The summed E-state index contributed by atoms with van der Waals surface area (Å²) in [5.41, 5.74) is -1.21. The molecule has 0 aliphatic carbocycles. The van der Waals surface area contributed by atoms with E-state index in [1.54, 1.807) is 13.8 Å². The van der Waals surface area contributed by atoms with Crippen LogP contribution in [0.2, 0.25) is 0 Å². The van der Waals surface area contributed by atoms with Crippen LogP contribution in [0.3, 0.4) is 0 Å². The summed E-state index contributed by atoms with van der Waals surface area (Å²) in [5.74, 6) is -0.981. The molecule has 0 radical (unpaired) electrons. The predicted molar refractivity (Wildman–Crippen MR) is 88.6 cm³/mol. The molecule has 130 valence electrons. The Kier molecular flexibility index (Phi) is 11.9. The van der Waals surface area contributed by atoms with Crippen molar-refractivity contribution in [2.45, 2.75) is 85.5 Å². The van der Waals surface area contributed by atoms with Crippen LogP contribution < -0.4 is 0 Å². The molecule has 0 atom stereocenters. The van der Waals surface area contributed by atoms with Crippen LogP contribution >= 0.6 is 0 Å². The molecular weight excluding hydrogens is 280 g/mol. The molecule has 0 aromatic heterocycles. The van der Waals surface area contributed by atoms with Gasteiger partial charge in [0.15, 0.2) is 5.41 Å². The number of unbranched alkanes of at least 4 members (excludes halogenated alkanes) is 7. The summed E-state index contributed by atoms with van der Waals surface area (Å²) >= 11 is 0. The molecule has 0 N–H and O–H groups in total. The van der Waals surface area contributed by atoms with Gasteiger partial charge in [-0.2, -0.15) is 0 Å². The largest absolute Gasteiger partial charge is 0.465 e. The second-order valence-electron chi connectivity index (χ2n) is 6.37. The van der Waals surface area contributed by atoms with E-state index in [-0.39, 0.29) is 0 Å². The van der Waals surface area contributed by atoms with Crippen LogP contribution in [0, 0.1) is 5.41 Å². The molecule has 0 saturated heterocycles. The van der Waals surface area contributed by atoms with Crippen molar-refractivity contribution in [1.82, 2.24) is 0 Å². The molecule has 4 nitrogen and oxygen atoms in total. The summed E-state index contributed by atoms with van der Waals surface area (Å²) in [6.45, 7) is 8.11. The lowest BCUT2D eigenvalue weighted by molar-refractivity contribution is -0.169. The highest BCUT2D eigenvalue weighted by atomic mass is 16.6. The Labute approximate surface area is 135 Å².